The molecule has 20 nitrogen and oxygen atoms in total. The second kappa shape index (κ2) is 16.1. The molecule has 4 heterocycles. The van der Waals surface area contributed by atoms with Crippen molar-refractivity contribution in [2.75, 3.05) is 27.1 Å². The summed E-state index contributed by atoms with van der Waals surface area (Å²) in [6.45, 7) is 7.32. The molecule has 0 saturated carbocycles. The van der Waals surface area contributed by atoms with Crippen LogP contribution < -0.4 is 37.7 Å². The smallest absolute Gasteiger partial charge is 0.336 e. The summed E-state index contributed by atoms with van der Waals surface area (Å²) in [6.07, 6.45) is 0. The summed E-state index contributed by atoms with van der Waals surface area (Å²) in [7, 11) is 1.15. The monoisotopic (exact) mass is 705 g/mol. The number of pyridine rings is 4. The summed E-state index contributed by atoms with van der Waals surface area (Å²) in [5, 5.41) is 4.85. The Bertz CT molecular complexity index is 2290. The molecule has 0 aliphatic carbocycles. The minimum Gasteiger partial charge on any atom is -0.413 e. The van der Waals surface area contributed by atoms with Crippen LogP contribution in [-0.2, 0) is 13.6 Å². The van der Waals surface area contributed by atoms with Gasteiger partial charge < -0.3 is 25.3 Å². The van der Waals surface area contributed by atoms with E-state index >= 15 is 0 Å². The summed E-state index contributed by atoms with van der Waals surface area (Å²) < 4.78 is 16.8. The maximum atomic E-state index is 14.0. The zero-order valence-electron chi connectivity index (χ0n) is 26.8. The first-order chi connectivity index (χ1) is 24.5. The van der Waals surface area contributed by atoms with E-state index in [9.17, 15) is 38.4 Å². The van der Waals surface area contributed by atoms with Crippen molar-refractivity contribution in [1.82, 2.24) is 39.4 Å². The standard InChI is InChI=1S/C31H27N8O12/c1-48-36-20(9-5-13-24(36)40)28(44)32-17-34(30(46)22-11-7-15-26(42)38(22)50-3)19-35(31(47)23-12-8-16-27(43)39(23)51-4)18-33-29(45)21-10-6-14-25(41)37(21)49-2/h5-16H,1,3-4,17-19H2,2H3/q+1/p+2. The molecule has 20 heteroatoms. The van der Waals surface area contributed by atoms with Crippen molar-refractivity contribution < 1.29 is 37.6 Å². The Balaban J connectivity index is 1.78. The highest BCUT2D eigenvalue weighted by Gasteiger charge is 2.31. The predicted molar refractivity (Wildman–Crippen MR) is 175 cm³/mol. The molecule has 4 amide bonds. The van der Waals surface area contributed by atoms with E-state index in [1.54, 1.807) is 0 Å². The minimum atomic E-state index is -1.02. The quantitative estimate of drug-likeness (QED) is 0.101. The molecular formula is C31H29N8O12+3. The molecule has 51 heavy (non-hydrogen) atoms. The third-order valence-corrected chi connectivity index (χ3v) is 6.90. The Kier molecular flexibility index (Phi) is 11.4. The Morgan fingerprint density at radius 3 is 1.35 bits per heavy atom. The van der Waals surface area contributed by atoms with Crippen molar-refractivity contribution >= 4 is 44.0 Å². The van der Waals surface area contributed by atoms with E-state index in [4.69, 9.17) is 18.4 Å². The Morgan fingerprint density at radius 1 is 0.588 bits per heavy atom. The van der Waals surface area contributed by atoms with Crippen LogP contribution in [-0.4, -0.2) is 99.8 Å². The van der Waals surface area contributed by atoms with E-state index < -0.39 is 77.3 Å². The van der Waals surface area contributed by atoms with E-state index in [0.29, 0.717) is 18.9 Å². The summed E-state index contributed by atoms with van der Waals surface area (Å²) in [5.41, 5.74) is -4.42. The first-order valence-electron chi connectivity index (χ1n) is 14.3. The molecule has 4 aromatic rings. The highest BCUT2D eigenvalue weighted by Crippen LogP contribution is 2.09. The van der Waals surface area contributed by atoms with Gasteiger partial charge in [0, 0.05) is 24.3 Å². The molecule has 0 fully saturated rings. The molecule has 0 saturated heterocycles. The first kappa shape index (κ1) is 36.3. The molecule has 0 bridgehead atoms. The predicted octanol–water partition coefficient (Wildman–Crippen LogP) is -2.91. The number of hydrogen-bond donors (Lipinski definition) is 2. The molecule has 4 rings (SSSR count). The molecule has 4 aromatic heterocycles. The number of amides is 4. The molecule has 0 unspecified atom stereocenters. The van der Waals surface area contributed by atoms with Crippen molar-refractivity contribution in [3.8, 4) is 0 Å². The Labute approximate surface area is 285 Å². The summed E-state index contributed by atoms with van der Waals surface area (Å²) >= 11 is 0. The van der Waals surface area contributed by atoms with Gasteiger partial charge in [0.1, 0.15) is 12.8 Å². The van der Waals surface area contributed by atoms with Gasteiger partial charge in [-0.2, -0.15) is 0 Å². The lowest BCUT2D eigenvalue weighted by Gasteiger charge is -2.30. The van der Waals surface area contributed by atoms with Gasteiger partial charge in [0.15, 0.2) is 0 Å². The lowest BCUT2D eigenvalue weighted by atomic mass is 10.3. The van der Waals surface area contributed by atoms with Crippen LogP contribution in [0.4, 0.5) is 0 Å². The van der Waals surface area contributed by atoms with Crippen molar-refractivity contribution in [2.24, 2.45) is 0 Å². The van der Waals surface area contributed by atoms with Gasteiger partial charge in [-0.1, -0.05) is 24.3 Å². The van der Waals surface area contributed by atoms with Gasteiger partial charge in [-0.3, -0.25) is 38.4 Å². The van der Waals surface area contributed by atoms with Crippen LogP contribution in [0.15, 0.2) is 92.0 Å². The van der Waals surface area contributed by atoms with Crippen LogP contribution in [0.5, 0.6) is 0 Å². The lowest BCUT2D eigenvalue weighted by Crippen LogP contribution is -2.53. The highest BCUT2D eigenvalue weighted by atomic mass is 16.7. The van der Waals surface area contributed by atoms with Gasteiger partial charge in [0.2, 0.25) is 17.1 Å². The molecule has 0 radical (unpaired) electrons. The van der Waals surface area contributed by atoms with Gasteiger partial charge in [-0.15, -0.1) is 18.3 Å². The van der Waals surface area contributed by atoms with Crippen LogP contribution in [0.2, 0.25) is 0 Å². The zero-order chi connectivity index (χ0) is 37.2. The fraction of sp³-hybridized carbons (Fsp3) is 0.129. The van der Waals surface area contributed by atoms with E-state index in [-0.39, 0.29) is 11.4 Å². The molecule has 0 aliphatic heterocycles. The van der Waals surface area contributed by atoms with E-state index in [1.807, 2.05) is 0 Å². The Morgan fingerprint density at radius 2 is 0.941 bits per heavy atom. The summed E-state index contributed by atoms with van der Waals surface area (Å²) in [5.74, 6) is -3.88. The molecule has 262 valence electrons. The van der Waals surface area contributed by atoms with E-state index in [2.05, 4.69) is 31.0 Å². The molecular weight excluding hydrogens is 676 g/mol. The number of aromatic nitrogens is 4. The van der Waals surface area contributed by atoms with Crippen molar-refractivity contribution in [2.45, 2.75) is 0 Å². The first-order valence-corrected chi connectivity index (χ1v) is 14.3. The average molecular weight is 706 g/mol. The third kappa shape index (κ3) is 7.80. The number of nitrogens with one attached hydrogen (secondary N) is 2. The third-order valence-electron chi connectivity index (χ3n) is 6.90. The maximum Gasteiger partial charge on any atom is 0.336 e. The van der Waals surface area contributed by atoms with E-state index in [1.165, 1.54) is 48.5 Å². The molecule has 0 spiro atoms. The molecule has 2 N–H and O–H groups in total. The fourth-order valence-corrected chi connectivity index (χ4v) is 4.56. The number of carbonyl (C=O) groups excluding carboxylic acids is 7. The van der Waals surface area contributed by atoms with Crippen LogP contribution in [0.25, 0.3) is 0 Å². The summed E-state index contributed by atoms with van der Waals surface area (Å²) in [4.78, 5) is 110. The fourth-order valence-electron chi connectivity index (χ4n) is 4.56. The number of carbonyl (C=O) groups is 4. The van der Waals surface area contributed by atoms with Crippen molar-refractivity contribution in [3.05, 3.63) is 137 Å². The van der Waals surface area contributed by atoms with Gasteiger partial charge >= 0.3 is 37.0 Å². The van der Waals surface area contributed by atoms with Crippen LogP contribution in [0.1, 0.15) is 42.0 Å². The largest absolute Gasteiger partial charge is 0.413 e. The summed E-state index contributed by atoms with van der Waals surface area (Å²) in [6, 6.07) is 14.3. The SMILES string of the molecule is C=[O+]n1c(C(=O)NCN(CN(CNC(=O)c2cccc(=O)n2OC)C(=O)c2cccc(=O)n2[O+]=C)C(=O)c2cccc(=O)n2[O+]=C)cccc1=O. The number of nitrogens with zero attached hydrogens (tertiary/aromatic N) is 6. The second-order valence-electron chi connectivity index (χ2n) is 9.90. The lowest BCUT2D eigenvalue weighted by molar-refractivity contribution is -0.519. The van der Waals surface area contributed by atoms with Crippen LogP contribution in [0.3, 0.4) is 0 Å². The number of rotatable bonds is 14. The Hall–Kier alpha value is -7.51. The average Bonchev–Trinajstić information content (AvgIpc) is 3.13. The van der Waals surface area contributed by atoms with Gasteiger partial charge in [0.25, 0.3) is 29.2 Å². The van der Waals surface area contributed by atoms with Crippen LogP contribution in [0, 0.1) is 0 Å². The normalized spacial score (nSPS) is 10.4. The highest BCUT2D eigenvalue weighted by molar-refractivity contribution is 5.96. The molecule has 0 atom stereocenters. The number of hydrogen-bond acceptors (Lipinski definition) is 9. The zero-order valence-corrected chi connectivity index (χ0v) is 26.8. The molecule has 0 aromatic carbocycles. The van der Waals surface area contributed by atoms with Crippen molar-refractivity contribution in [3.63, 3.8) is 0 Å². The van der Waals surface area contributed by atoms with Crippen molar-refractivity contribution in [1.29, 1.82) is 0 Å². The van der Waals surface area contributed by atoms with Crippen LogP contribution >= 0.6 is 0 Å². The van der Waals surface area contributed by atoms with E-state index in [0.717, 1.165) is 41.2 Å². The molecule has 0 aliphatic rings. The maximum absolute atomic E-state index is 14.0. The van der Waals surface area contributed by atoms with Gasteiger partial charge in [-0.25, -0.2) is 0 Å². The minimum absolute atomic E-state index is 0.266. The van der Waals surface area contributed by atoms with Gasteiger partial charge in [0.05, 0.1) is 34.2 Å². The van der Waals surface area contributed by atoms with Gasteiger partial charge in [-0.05, 0) is 24.3 Å². The second-order valence-corrected chi connectivity index (χ2v) is 9.90. The topological polar surface area (TPSA) is 230 Å².